The van der Waals surface area contributed by atoms with Crippen LogP contribution in [0.2, 0.25) is 0 Å². The van der Waals surface area contributed by atoms with Crippen molar-refractivity contribution in [3.63, 3.8) is 0 Å². The quantitative estimate of drug-likeness (QED) is 0.928. The minimum atomic E-state index is -0.0295. The zero-order chi connectivity index (χ0) is 15.4. The largest absolute Gasteiger partial charge is 0.472 e. The highest BCUT2D eigenvalue weighted by atomic mass is 16.5. The molecule has 0 bridgehead atoms. The molecule has 3 heterocycles. The molecule has 1 fully saturated rings. The molecule has 0 aliphatic carbocycles. The molecule has 1 N–H and O–H groups in total. The normalized spacial score (nSPS) is 16.0. The first-order valence-electron chi connectivity index (χ1n) is 7.39. The van der Waals surface area contributed by atoms with Gasteiger partial charge in [0.15, 0.2) is 0 Å². The highest BCUT2D eigenvalue weighted by Gasteiger charge is 2.21. The summed E-state index contributed by atoms with van der Waals surface area (Å²) >= 11 is 0. The van der Waals surface area contributed by atoms with Crippen molar-refractivity contribution >= 4 is 6.03 Å². The van der Waals surface area contributed by atoms with Gasteiger partial charge in [0.05, 0.1) is 18.2 Å². The van der Waals surface area contributed by atoms with E-state index < -0.39 is 0 Å². The van der Waals surface area contributed by atoms with Gasteiger partial charge in [-0.3, -0.25) is 4.90 Å². The molecule has 0 saturated carbocycles. The van der Waals surface area contributed by atoms with Crippen molar-refractivity contribution in [3.05, 3.63) is 41.7 Å². The maximum Gasteiger partial charge on any atom is 0.317 e. The molecule has 0 radical (unpaired) electrons. The molecule has 1 saturated heterocycles. The Morgan fingerprint density at radius 2 is 2.18 bits per heavy atom. The number of furan rings is 1. The predicted molar refractivity (Wildman–Crippen MR) is 79.0 cm³/mol. The first-order chi connectivity index (χ1) is 10.7. The van der Waals surface area contributed by atoms with Crippen LogP contribution < -0.4 is 5.32 Å². The van der Waals surface area contributed by atoms with Gasteiger partial charge in [-0.2, -0.15) is 0 Å². The molecule has 2 aromatic heterocycles. The number of carbonyl (C=O) groups is 1. The molecule has 3 rings (SSSR count). The molecule has 1 aliphatic rings. The van der Waals surface area contributed by atoms with Gasteiger partial charge in [-0.15, -0.1) is 0 Å². The van der Waals surface area contributed by atoms with E-state index in [2.05, 4.69) is 15.4 Å². The highest BCUT2D eigenvalue weighted by Crippen LogP contribution is 2.09. The van der Waals surface area contributed by atoms with E-state index in [0.29, 0.717) is 19.6 Å². The molecule has 22 heavy (non-hydrogen) atoms. The van der Waals surface area contributed by atoms with Crippen molar-refractivity contribution in [2.24, 2.45) is 0 Å². The summed E-state index contributed by atoms with van der Waals surface area (Å²) in [6.45, 7) is 6.26. The molecular formula is C15H20N4O3. The fourth-order valence-corrected chi connectivity index (χ4v) is 2.51. The second-order valence-electron chi connectivity index (χ2n) is 5.48. The minimum absolute atomic E-state index is 0.0295. The molecule has 0 unspecified atom stereocenters. The van der Waals surface area contributed by atoms with Crippen molar-refractivity contribution in [1.29, 1.82) is 0 Å². The Labute approximate surface area is 128 Å². The van der Waals surface area contributed by atoms with Crippen LogP contribution >= 0.6 is 0 Å². The summed E-state index contributed by atoms with van der Waals surface area (Å²) in [5.41, 5.74) is 1.91. The summed E-state index contributed by atoms with van der Waals surface area (Å²) in [4.78, 5) is 16.2. The van der Waals surface area contributed by atoms with Crippen LogP contribution in [-0.4, -0.2) is 47.2 Å². The topological polar surface area (TPSA) is 74.8 Å². The lowest BCUT2D eigenvalue weighted by atomic mass is 10.3. The van der Waals surface area contributed by atoms with Gasteiger partial charge in [0.2, 0.25) is 0 Å². The zero-order valence-corrected chi connectivity index (χ0v) is 12.6. The maximum absolute atomic E-state index is 12.1. The third kappa shape index (κ3) is 3.67. The smallest absolute Gasteiger partial charge is 0.317 e. The molecule has 1 aliphatic heterocycles. The molecule has 0 aromatic carbocycles. The van der Waals surface area contributed by atoms with Crippen LogP contribution in [0.1, 0.15) is 17.0 Å². The van der Waals surface area contributed by atoms with E-state index >= 15 is 0 Å². The number of amides is 2. The predicted octanol–water partition coefficient (Wildman–Crippen LogP) is 1.60. The number of urea groups is 1. The second-order valence-corrected chi connectivity index (χ2v) is 5.48. The van der Waals surface area contributed by atoms with Crippen molar-refractivity contribution in [3.8, 4) is 0 Å². The fourth-order valence-electron chi connectivity index (χ4n) is 2.51. The lowest BCUT2D eigenvalue weighted by Gasteiger charge is -2.34. The molecule has 7 nitrogen and oxygen atoms in total. The third-order valence-corrected chi connectivity index (χ3v) is 3.75. The van der Waals surface area contributed by atoms with Crippen molar-refractivity contribution < 1.29 is 13.7 Å². The summed E-state index contributed by atoms with van der Waals surface area (Å²) in [7, 11) is 0. The first-order valence-corrected chi connectivity index (χ1v) is 7.39. The number of carbonyl (C=O) groups excluding carboxylic acids is 1. The Morgan fingerprint density at radius 3 is 2.82 bits per heavy atom. The molecule has 2 amide bonds. The van der Waals surface area contributed by atoms with E-state index in [1.807, 2.05) is 24.0 Å². The summed E-state index contributed by atoms with van der Waals surface area (Å²) in [6.07, 6.45) is 3.24. The zero-order valence-electron chi connectivity index (χ0n) is 12.6. The molecular weight excluding hydrogens is 284 g/mol. The standard InChI is InChI=1S/C15H20N4O3/c1-12-8-14(17-22-12)10-18-3-5-19(6-4-18)15(20)16-9-13-2-7-21-11-13/h2,7-8,11H,3-6,9-10H2,1H3,(H,16,20). The maximum atomic E-state index is 12.1. The Hall–Kier alpha value is -2.28. The van der Waals surface area contributed by atoms with Gasteiger partial charge >= 0.3 is 6.03 Å². The first kappa shape index (κ1) is 14.6. The number of aryl methyl sites for hydroxylation is 1. The SMILES string of the molecule is Cc1cc(CN2CCN(C(=O)NCc3ccoc3)CC2)no1. The Kier molecular flexibility index (Phi) is 4.43. The van der Waals surface area contributed by atoms with E-state index in [1.165, 1.54) is 0 Å². The minimum Gasteiger partial charge on any atom is -0.472 e. The van der Waals surface area contributed by atoms with Gasteiger partial charge in [-0.25, -0.2) is 4.79 Å². The lowest BCUT2D eigenvalue weighted by molar-refractivity contribution is 0.133. The summed E-state index contributed by atoms with van der Waals surface area (Å²) in [5, 5.41) is 6.91. The van der Waals surface area contributed by atoms with Gasteiger partial charge in [-0.1, -0.05) is 5.16 Å². The summed E-state index contributed by atoms with van der Waals surface area (Å²) in [6, 6.07) is 3.76. The van der Waals surface area contributed by atoms with Crippen molar-refractivity contribution in [1.82, 2.24) is 20.3 Å². The van der Waals surface area contributed by atoms with Crippen molar-refractivity contribution in [2.75, 3.05) is 26.2 Å². The Balaban J connectivity index is 1.42. The van der Waals surface area contributed by atoms with E-state index in [-0.39, 0.29) is 6.03 Å². The number of nitrogens with zero attached hydrogens (tertiary/aromatic N) is 3. The van der Waals surface area contributed by atoms with Gasteiger partial charge in [0.1, 0.15) is 5.76 Å². The Morgan fingerprint density at radius 1 is 1.36 bits per heavy atom. The van der Waals surface area contributed by atoms with E-state index in [0.717, 1.165) is 36.7 Å². The monoisotopic (exact) mass is 304 g/mol. The van der Waals surface area contributed by atoms with Gasteiger partial charge in [-0.05, 0) is 13.0 Å². The number of rotatable bonds is 4. The number of hydrogen-bond acceptors (Lipinski definition) is 5. The van der Waals surface area contributed by atoms with Crippen LogP contribution in [-0.2, 0) is 13.1 Å². The summed E-state index contributed by atoms with van der Waals surface area (Å²) in [5.74, 6) is 0.826. The Bertz CT molecular complexity index is 600. The number of hydrogen-bond donors (Lipinski definition) is 1. The van der Waals surface area contributed by atoms with Crippen LogP contribution in [0.25, 0.3) is 0 Å². The lowest BCUT2D eigenvalue weighted by Crippen LogP contribution is -2.51. The van der Waals surface area contributed by atoms with Gasteiger partial charge < -0.3 is 19.2 Å². The van der Waals surface area contributed by atoms with Gasteiger partial charge in [0.25, 0.3) is 0 Å². The average molecular weight is 304 g/mol. The van der Waals surface area contributed by atoms with Crippen LogP contribution in [0.5, 0.6) is 0 Å². The van der Waals surface area contributed by atoms with Crippen LogP contribution in [0.3, 0.4) is 0 Å². The molecule has 7 heteroatoms. The summed E-state index contributed by atoms with van der Waals surface area (Å²) < 4.78 is 10.1. The van der Waals surface area contributed by atoms with E-state index in [9.17, 15) is 4.79 Å². The molecule has 2 aromatic rings. The molecule has 0 spiro atoms. The fraction of sp³-hybridized carbons (Fsp3) is 0.467. The van der Waals surface area contributed by atoms with E-state index in [1.54, 1.807) is 12.5 Å². The number of nitrogens with one attached hydrogen (secondary N) is 1. The van der Waals surface area contributed by atoms with Crippen LogP contribution in [0.15, 0.2) is 33.6 Å². The van der Waals surface area contributed by atoms with E-state index in [4.69, 9.17) is 8.94 Å². The van der Waals surface area contributed by atoms with Gasteiger partial charge in [0, 0.05) is 50.9 Å². The number of piperazine rings is 1. The number of aromatic nitrogens is 1. The molecule has 118 valence electrons. The van der Waals surface area contributed by atoms with Crippen LogP contribution in [0.4, 0.5) is 4.79 Å². The second kappa shape index (κ2) is 6.65. The van der Waals surface area contributed by atoms with Crippen molar-refractivity contribution in [2.45, 2.75) is 20.0 Å². The third-order valence-electron chi connectivity index (χ3n) is 3.75. The molecule has 0 atom stereocenters. The highest BCUT2D eigenvalue weighted by molar-refractivity contribution is 5.74. The average Bonchev–Trinajstić information content (AvgIpc) is 3.17. The van der Waals surface area contributed by atoms with Crippen LogP contribution in [0, 0.1) is 6.92 Å².